The zero-order valence-electron chi connectivity index (χ0n) is 16.2. The molecule has 1 amide bonds. The smallest absolute Gasteiger partial charge is 0.341 e. The highest BCUT2D eigenvalue weighted by Gasteiger charge is 2.32. The Morgan fingerprint density at radius 1 is 1.31 bits per heavy atom. The molecule has 6 heteroatoms. The molecule has 3 rings (SSSR count). The van der Waals surface area contributed by atoms with Gasteiger partial charge >= 0.3 is 5.97 Å². The SMILES string of the molecule is CCOC(=O)c1c(NC(=O)[C@@H](C)[NH+]2CCCCC2)sc2c1CC[C@H](C)C2. The maximum Gasteiger partial charge on any atom is 0.341 e. The molecule has 1 aliphatic carbocycles. The quantitative estimate of drug-likeness (QED) is 0.773. The molecule has 144 valence electrons. The number of likely N-dealkylation sites (tertiary alicyclic amines) is 1. The van der Waals surface area contributed by atoms with Crippen LogP contribution < -0.4 is 10.2 Å². The number of ether oxygens (including phenoxy) is 1. The summed E-state index contributed by atoms with van der Waals surface area (Å²) in [5.74, 6) is 0.336. The van der Waals surface area contributed by atoms with E-state index in [1.54, 1.807) is 11.3 Å². The van der Waals surface area contributed by atoms with Crippen LogP contribution in [0.3, 0.4) is 0 Å². The Hall–Kier alpha value is -1.40. The minimum atomic E-state index is -0.298. The lowest BCUT2D eigenvalue weighted by atomic mass is 9.88. The molecule has 0 aromatic carbocycles. The molecule has 1 aromatic heterocycles. The molecule has 2 heterocycles. The molecular formula is C20H31N2O3S+. The maximum absolute atomic E-state index is 12.8. The van der Waals surface area contributed by atoms with Crippen molar-refractivity contribution < 1.29 is 19.2 Å². The van der Waals surface area contributed by atoms with Gasteiger partial charge < -0.3 is 15.0 Å². The third-order valence-corrected chi connectivity index (χ3v) is 6.90. The predicted octanol–water partition coefficient (Wildman–Crippen LogP) is 2.45. The lowest BCUT2D eigenvalue weighted by Crippen LogP contribution is -3.17. The predicted molar refractivity (Wildman–Crippen MR) is 104 cm³/mol. The van der Waals surface area contributed by atoms with Crippen LogP contribution >= 0.6 is 11.3 Å². The first-order chi connectivity index (χ1) is 12.5. The average molecular weight is 380 g/mol. The summed E-state index contributed by atoms with van der Waals surface area (Å²) in [6.07, 6.45) is 6.59. The fraction of sp³-hybridized carbons (Fsp3) is 0.700. The second kappa shape index (κ2) is 8.53. The molecule has 5 nitrogen and oxygen atoms in total. The zero-order valence-corrected chi connectivity index (χ0v) is 17.0. The van der Waals surface area contributed by atoms with Crippen molar-refractivity contribution >= 4 is 28.2 Å². The Labute approximate surface area is 160 Å². The van der Waals surface area contributed by atoms with Crippen molar-refractivity contribution in [2.45, 2.75) is 65.3 Å². The van der Waals surface area contributed by atoms with Crippen LogP contribution in [0.1, 0.15) is 67.3 Å². The molecule has 2 N–H and O–H groups in total. The Bertz CT molecular complexity index is 664. The Kier molecular flexibility index (Phi) is 6.35. The van der Waals surface area contributed by atoms with Crippen LogP contribution in [0.15, 0.2) is 0 Å². The van der Waals surface area contributed by atoms with Crippen LogP contribution in [0.25, 0.3) is 0 Å². The summed E-state index contributed by atoms with van der Waals surface area (Å²) in [4.78, 5) is 28.0. The molecule has 0 spiro atoms. The minimum Gasteiger partial charge on any atom is -0.462 e. The van der Waals surface area contributed by atoms with Gasteiger partial charge in [0.05, 0.1) is 25.3 Å². The lowest BCUT2D eigenvalue weighted by molar-refractivity contribution is -0.918. The van der Waals surface area contributed by atoms with Crippen LogP contribution in [0.5, 0.6) is 0 Å². The number of fused-ring (bicyclic) bond motifs is 1. The Morgan fingerprint density at radius 2 is 2.04 bits per heavy atom. The fourth-order valence-electron chi connectivity index (χ4n) is 4.10. The van der Waals surface area contributed by atoms with Gasteiger partial charge in [0.1, 0.15) is 5.00 Å². The monoisotopic (exact) mass is 379 g/mol. The topological polar surface area (TPSA) is 59.8 Å². The molecule has 26 heavy (non-hydrogen) atoms. The van der Waals surface area contributed by atoms with Crippen molar-refractivity contribution in [3.8, 4) is 0 Å². The number of amides is 1. The van der Waals surface area contributed by atoms with E-state index in [1.165, 1.54) is 29.0 Å². The molecular weight excluding hydrogens is 348 g/mol. The third kappa shape index (κ3) is 4.12. The van der Waals surface area contributed by atoms with E-state index in [2.05, 4.69) is 12.2 Å². The molecule has 0 unspecified atom stereocenters. The van der Waals surface area contributed by atoms with E-state index in [0.717, 1.165) is 37.9 Å². The number of carbonyl (C=O) groups excluding carboxylic acids is 2. The zero-order chi connectivity index (χ0) is 18.7. The second-order valence-corrected chi connectivity index (χ2v) is 8.81. The van der Waals surface area contributed by atoms with Crippen LogP contribution in [-0.2, 0) is 22.4 Å². The van der Waals surface area contributed by atoms with Crippen molar-refractivity contribution in [2.24, 2.45) is 5.92 Å². The summed E-state index contributed by atoms with van der Waals surface area (Å²) in [7, 11) is 0. The Morgan fingerprint density at radius 3 is 2.73 bits per heavy atom. The molecule has 2 aliphatic rings. The largest absolute Gasteiger partial charge is 0.462 e. The van der Waals surface area contributed by atoms with Crippen molar-refractivity contribution in [1.29, 1.82) is 0 Å². The first-order valence-corrected chi connectivity index (χ1v) is 10.8. The summed E-state index contributed by atoms with van der Waals surface area (Å²) >= 11 is 1.57. The molecule has 2 atom stereocenters. The normalized spacial score (nSPS) is 21.7. The summed E-state index contributed by atoms with van der Waals surface area (Å²) < 4.78 is 5.29. The summed E-state index contributed by atoms with van der Waals surface area (Å²) in [6, 6.07) is -0.0941. The molecule has 1 aromatic rings. The highest BCUT2D eigenvalue weighted by Crippen LogP contribution is 2.40. The van der Waals surface area contributed by atoms with Crippen molar-refractivity contribution in [1.82, 2.24) is 0 Å². The third-order valence-electron chi connectivity index (χ3n) is 5.73. The van der Waals surface area contributed by atoms with Crippen molar-refractivity contribution in [3.63, 3.8) is 0 Å². The molecule has 1 fully saturated rings. The van der Waals surface area contributed by atoms with Crippen LogP contribution in [0.4, 0.5) is 5.00 Å². The van der Waals surface area contributed by atoms with Gasteiger partial charge in [-0.2, -0.15) is 0 Å². The van der Waals surface area contributed by atoms with E-state index < -0.39 is 0 Å². The first kappa shape index (κ1) is 19.4. The van der Waals surface area contributed by atoms with E-state index >= 15 is 0 Å². The van der Waals surface area contributed by atoms with Gasteiger partial charge in [-0.1, -0.05) is 6.92 Å². The van der Waals surface area contributed by atoms with Crippen molar-refractivity contribution in [2.75, 3.05) is 25.0 Å². The van der Waals surface area contributed by atoms with Gasteiger partial charge in [0.2, 0.25) is 0 Å². The Balaban J connectivity index is 1.81. The summed E-state index contributed by atoms with van der Waals surface area (Å²) in [5.41, 5.74) is 1.70. The van der Waals surface area contributed by atoms with Crippen LogP contribution in [0, 0.1) is 5.92 Å². The number of hydrogen-bond donors (Lipinski definition) is 2. The molecule has 0 bridgehead atoms. The lowest BCUT2D eigenvalue weighted by Gasteiger charge is -2.28. The number of quaternary nitrogens is 1. The van der Waals surface area contributed by atoms with E-state index in [0.29, 0.717) is 23.1 Å². The number of rotatable bonds is 5. The van der Waals surface area contributed by atoms with Gasteiger partial charge in [-0.25, -0.2) is 4.79 Å². The van der Waals surface area contributed by atoms with Gasteiger partial charge in [0.15, 0.2) is 6.04 Å². The number of carbonyl (C=O) groups is 2. The number of thiophene rings is 1. The second-order valence-electron chi connectivity index (χ2n) is 7.71. The van der Waals surface area contributed by atoms with Gasteiger partial charge in [0.25, 0.3) is 5.91 Å². The minimum absolute atomic E-state index is 0.0130. The van der Waals surface area contributed by atoms with Gasteiger partial charge in [-0.05, 0) is 63.9 Å². The molecule has 0 radical (unpaired) electrons. The van der Waals surface area contributed by atoms with Crippen LogP contribution in [0.2, 0.25) is 0 Å². The highest BCUT2D eigenvalue weighted by molar-refractivity contribution is 7.17. The summed E-state index contributed by atoms with van der Waals surface area (Å²) in [5, 5.41) is 3.77. The van der Waals surface area contributed by atoms with Gasteiger partial charge in [0, 0.05) is 4.88 Å². The van der Waals surface area contributed by atoms with E-state index in [-0.39, 0.29) is 17.9 Å². The van der Waals surface area contributed by atoms with Crippen molar-refractivity contribution in [3.05, 3.63) is 16.0 Å². The maximum atomic E-state index is 12.8. The fourth-order valence-corrected chi connectivity index (χ4v) is 5.50. The van der Waals surface area contributed by atoms with E-state index in [4.69, 9.17) is 4.74 Å². The number of anilines is 1. The molecule has 0 saturated carbocycles. The molecule has 1 saturated heterocycles. The summed E-state index contributed by atoms with van der Waals surface area (Å²) in [6.45, 7) is 8.51. The first-order valence-electron chi connectivity index (χ1n) is 9.98. The highest BCUT2D eigenvalue weighted by atomic mass is 32.1. The average Bonchev–Trinajstić information content (AvgIpc) is 2.98. The van der Waals surface area contributed by atoms with Gasteiger partial charge in [-0.15, -0.1) is 11.3 Å². The standard InChI is InChI=1S/C20H30N2O3S/c1-4-25-20(24)17-15-9-8-13(2)12-16(15)26-19(17)21-18(23)14(3)22-10-6-5-7-11-22/h13-14H,4-12H2,1-3H3,(H,21,23)/p+1/t13-,14+/m0/s1. The number of hydrogen-bond acceptors (Lipinski definition) is 4. The molecule has 1 aliphatic heterocycles. The van der Waals surface area contributed by atoms with E-state index in [9.17, 15) is 9.59 Å². The van der Waals surface area contributed by atoms with Gasteiger partial charge in [-0.3, -0.25) is 4.79 Å². The van der Waals surface area contributed by atoms with E-state index in [1.807, 2.05) is 13.8 Å². The number of piperidine rings is 1. The van der Waals surface area contributed by atoms with Crippen LogP contribution in [-0.4, -0.2) is 37.6 Å². The number of nitrogens with one attached hydrogen (secondary N) is 2. The number of esters is 1.